The molecule has 192 valence electrons. The fourth-order valence-corrected chi connectivity index (χ4v) is 5.57. The summed E-state index contributed by atoms with van der Waals surface area (Å²) in [5, 5.41) is 0. The SMILES string of the molecule is CC(CN1c2ccccc2Sc2ccccc21)OC(=O)OC(C)Cn1cnc2c1c(=O)n(C)c(=O)n2C. The van der Waals surface area contributed by atoms with Crippen LogP contribution in [0.2, 0.25) is 0 Å². The number of anilines is 2. The van der Waals surface area contributed by atoms with E-state index >= 15 is 0 Å². The number of hydrogen-bond acceptors (Lipinski definition) is 8. The van der Waals surface area contributed by atoms with Gasteiger partial charge in [-0.3, -0.25) is 13.9 Å². The summed E-state index contributed by atoms with van der Waals surface area (Å²) >= 11 is 1.72. The Hall–Kier alpha value is -3.99. The highest BCUT2D eigenvalue weighted by Gasteiger charge is 2.26. The molecule has 1 aliphatic heterocycles. The van der Waals surface area contributed by atoms with Crippen LogP contribution < -0.4 is 16.1 Å². The quantitative estimate of drug-likeness (QED) is 0.355. The summed E-state index contributed by atoms with van der Waals surface area (Å²) in [5.74, 6) is 0. The van der Waals surface area contributed by atoms with E-state index in [1.165, 1.54) is 17.9 Å². The standard InChI is InChI=1S/C26H27N5O5S/c1-16(13-30-15-27-23-22(30)24(32)29(4)25(33)28(23)3)35-26(34)36-17(2)14-31-18-9-5-7-11-20(18)37-21-12-8-6-10-19(21)31/h5-12,15-17H,13-14H2,1-4H3. The average molecular weight is 522 g/mol. The molecule has 0 amide bonds. The maximum Gasteiger partial charge on any atom is 0.508 e. The fraction of sp³-hybridized carbons (Fsp3) is 0.308. The monoisotopic (exact) mass is 521 g/mol. The van der Waals surface area contributed by atoms with Crippen LogP contribution >= 0.6 is 11.8 Å². The fourth-order valence-electron chi connectivity index (χ4n) is 4.48. The Kier molecular flexibility index (Phi) is 6.55. The zero-order valence-corrected chi connectivity index (χ0v) is 21.8. The van der Waals surface area contributed by atoms with Gasteiger partial charge in [0.2, 0.25) is 0 Å². The summed E-state index contributed by atoms with van der Waals surface area (Å²) in [5.41, 5.74) is 1.75. The van der Waals surface area contributed by atoms with E-state index in [-0.39, 0.29) is 17.7 Å². The largest absolute Gasteiger partial charge is 0.508 e. The van der Waals surface area contributed by atoms with Crippen LogP contribution in [0.4, 0.5) is 16.2 Å². The van der Waals surface area contributed by atoms with Gasteiger partial charge in [0.25, 0.3) is 5.56 Å². The van der Waals surface area contributed by atoms with E-state index in [9.17, 15) is 14.4 Å². The number of hydrogen-bond donors (Lipinski definition) is 0. The van der Waals surface area contributed by atoms with Gasteiger partial charge in [0, 0.05) is 23.9 Å². The third kappa shape index (κ3) is 4.62. The van der Waals surface area contributed by atoms with E-state index in [1.807, 2.05) is 31.2 Å². The Morgan fingerprint density at radius 2 is 1.46 bits per heavy atom. The van der Waals surface area contributed by atoms with Gasteiger partial charge in [-0.2, -0.15) is 0 Å². The molecular formula is C26H27N5O5S. The van der Waals surface area contributed by atoms with Gasteiger partial charge >= 0.3 is 11.8 Å². The second-order valence-corrected chi connectivity index (χ2v) is 10.1. The maximum atomic E-state index is 12.6. The van der Waals surface area contributed by atoms with Crippen molar-refractivity contribution in [3.05, 3.63) is 75.7 Å². The molecule has 0 saturated carbocycles. The van der Waals surface area contributed by atoms with E-state index in [2.05, 4.69) is 34.1 Å². The van der Waals surface area contributed by atoms with Crippen molar-refractivity contribution >= 4 is 40.5 Å². The molecule has 2 aromatic carbocycles. The van der Waals surface area contributed by atoms with Gasteiger partial charge in [-0.25, -0.2) is 14.6 Å². The highest BCUT2D eigenvalue weighted by Crippen LogP contribution is 2.47. The lowest BCUT2D eigenvalue weighted by Crippen LogP contribution is -2.38. The lowest BCUT2D eigenvalue weighted by atomic mass is 10.2. The summed E-state index contributed by atoms with van der Waals surface area (Å²) in [6.45, 7) is 4.16. The van der Waals surface area contributed by atoms with Gasteiger partial charge in [0.05, 0.1) is 30.8 Å². The lowest BCUT2D eigenvalue weighted by molar-refractivity contribution is 0.00586. The number of ether oxygens (including phenoxy) is 2. The zero-order chi connectivity index (χ0) is 26.3. The number of aryl methyl sites for hydroxylation is 1. The number of fused-ring (bicyclic) bond motifs is 3. The zero-order valence-electron chi connectivity index (χ0n) is 21.0. The van der Waals surface area contributed by atoms with Gasteiger partial charge in [0.1, 0.15) is 12.2 Å². The Morgan fingerprint density at radius 3 is 2.08 bits per heavy atom. The van der Waals surface area contributed by atoms with E-state index in [4.69, 9.17) is 9.47 Å². The van der Waals surface area contributed by atoms with Crippen LogP contribution in [0.1, 0.15) is 13.8 Å². The van der Waals surface area contributed by atoms with Crippen molar-refractivity contribution in [3.63, 3.8) is 0 Å². The molecule has 4 aromatic rings. The Labute approximate surface area is 217 Å². The molecule has 0 spiro atoms. The number of carbonyl (C=O) groups is 1. The highest BCUT2D eigenvalue weighted by atomic mass is 32.2. The minimum absolute atomic E-state index is 0.178. The molecule has 11 heteroatoms. The van der Waals surface area contributed by atoms with Crippen molar-refractivity contribution in [3.8, 4) is 0 Å². The predicted molar refractivity (Wildman–Crippen MR) is 141 cm³/mol. The van der Waals surface area contributed by atoms with Crippen LogP contribution in [0.15, 0.2) is 74.2 Å². The summed E-state index contributed by atoms with van der Waals surface area (Å²) in [6, 6.07) is 16.3. The molecule has 5 rings (SSSR count). The topological polar surface area (TPSA) is 101 Å². The molecule has 2 atom stereocenters. The Balaban J connectivity index is 1.26. The van der Waals surface area contributed by atoms with Crippen molar-refractivity contribution in [2.45, 2.75) is 42.4 Å². The average Bonchev–Trinajstić information content (AvgIpc) is 3.29. The van der Waals surface area contributed by atoms with Crippen LogP contribution in [-0.2, 0) is 30.1 Å². The minimum Gasteiger partial charge on any atom is -0.429 e. The second kappa shape index (κ2) is 9.81. The first kappa shape index (κ1) is 24.7. The minimum atomic E-state index is -0.794. The Bertz CT molecular complexity index is 1560. The number of benzene rings is 2. The molecule has 37 heavy (non-hydrogen) atoms. The molecular weight excluding hydrogens is 494 g/mol. The lowest BCUT2D eigenvalue weighted by Gasteiger charge is -2.34. The molecule has 0 radical (unpaired) electrons. The van der Waals surface area contributed by atoms with E-state index < -0.39 is 29.6 Å². The molecule has 0 fully saturated rings. The highest BCUT2D eigenvalue weighted by molar-refractivity contribution is 7.99. The number of carbonyl (C=O) groups excluding carboxylic acids is 1. The Morgan fingerprint density at radius 1 is 0.892 bits per heavy atom. The summed E-state index contributed by atoms with van der Waals surface area (Å²) < 4.78 is 15.0. The van der Waals surface area contributed by atoms with Crippen molar-refractivity contribution in [2.75, 3.05) is 11.4 Å². The normalized spacial score (nSPS) is 14.1. The molecule has 0 saturated heterocycles. The number of imidazole rings is 1. The molecule has 1 aliphatic rings. The van der Waals surface area contributed by atoms with Crippen LogP contribution in [0.3, 0.4) is 0 Å². The number of para-hydroxylation sites is 2. The first-order valence-corrected chi connectivity index (χ1v) is 12.7. The molecule has 10 nitrogen and oxygen atoms in total. The maximum absolute atomic E-state index is 12.6. The molecule has 0 bridgehead atoms. The number of aromatic nitrogens is 4. The van der Waals surface area contributed by atoms with Crippen LogP contribution in [-0.4, -0.2) is 43.6 Å². The predicted octanol–water partition coefficient (Wildman–Crippen LogP) is 3.67. The molecule has 2 aromatic heterocycles. The molecule has 3 heterocycles. The van der Waals surface area contributed by atoms with E-state index in [0.717, 1.165) is 25.7 Å². The van der Waals surface area contributed by atoms with E-state index in [1.54, 1.807) is 30.3 Å². The van der Waals surface area contributed by atoms with Crippen LogP contribution in [0.5, 0.6) is 0 Å². The third-order valence-corrected chi connectivity index (χ3v) is 7.37. The summed E-state index contributed by atoms with van der Waals surface area (Å²) in [6.07, 6.45) is -0.396. The van der Waals surface area contributed by atoms with Gasteiger partial charge in [-0.1, -0.05) is 36.0 Å². The van der Waals surface area contributed by atoms with Gasteiger partial charge in [0.15, 0.2) is 11.2 Å². The van der Waals surface area contributed by atoms with Gasteiger partial charge in [-0.15, -0.1) is 0 Å². The van der Waals surface area contributed by atoms with Crippen molar-refractivity contribution in [2.24, 2.45) is 14.1 Å². The summed E-state index contributed by atoms with van der Waals surface area (Å²) in [4.78, 5) is 46.0. The second-order valence-electron chi connectivity index (χ2n) is 9.03. The molecule has 0 aliphatic carbocycles. The van der Waals surface area contributed by atoms with Crippen molar-refractivity contribution < 1.29 is 14.3 Å². The first-order chi connectivity index (χ1) is 17.7. The number of rotatable bonds is 6. The summed E-state index contributed by atoms with van der Waals surface area (Å²) in [7, 11) is 2.97. The van der Waals surface area contributed by atoms with E-state index in [0.29, 0.717) is 6.54 Å². The van der Waals surface area contributed by atoms with Crippen molar-refractivity contribution in [1.29, 1.82) is 0 Å². The molecule has 2 unspecified atom stereocenters. The van der Waals surface area contributed by atoms with Gasteiger partial charge < -0.3 is 18.9 Å². The smallest absolute Gasteiger partial charge is 0.429 e. The molecule has 0 N–H and O–H groups in total. The first-order valence-electron chi connectivity index (χ1n) is 11.9. The number of nitrogens with zero attached hydrogens (tertiary/aromatic N) is 5. The van der Waals surface area contributed by atoms with Crippen molar-refractivity contribution in [1.82, 2.24) is 18.7 Å². The third-order valence-electron chi connectivity index (χ3n) is 6.24. The van der Waals surface area contributed by atoms with Crippen LogP contribution in [0.25, 0.3) is 11.2 Å². The van der Waals surface area contributed by atoms with Gasteiger partial charge in [-0.05, 0) is 38.1 Å². The van der Waals surface area contributed by atoms with Crippen LogP contribution in [0, 0.1) is 0 Å².